The Labute approximate surface area is 121 Å². The van der Waals surface area contributed by atoms with E-state index in [4.69, 9.17) is 17.3 Å². The van der Waals surface area contributed by atoms with Crippen LogP contribution in [-0.4, -0.2) is 8.42 Å². The van der Waals surface area contributed by atoms with Gasteiger partial charge in [0.1, 0.15) is 10.7 Å². The molecule has 0 aliphatic rings. The molecule has 0 aliphatic heterocycles. The molecule has 0 saturated carbocycles. The lowest BCUT2D eigenvalue weighted by atomic mass is 10.2. The minimum Gasteiger partial charge on any atom is -0.398 e. The van der Waals surface area contributed by atoms with Crippen LogP contribution in [0.3, 0.4) is 0 Å². The van der Waals surface area contributed by atoms with E-state index in [2.05, 4.69) is 4.72 Å². The zero-order valence-corrected chi connectivity index (χ0v) is 12.1. The van der Waals surface area contributed by atoms with Gasteiger partial charge in [-0.15, -0.1) is 0 Å². The summed E-state index contributed by atoms with van der Waals surface area (Å²) < 4.78 is 39.8. The lowest BCUT2D eigenvalue weighted by Gasteiger charge is -2.12. The molecule has 0 spiro atoms. The van der Waals surface area contributed by atoms with Crippen molar-refractivity contribution in [3.63, 3.8) is 0 Å². The fraction of sp³-hybridized carbons (Fsp3) is 0.0769. The summed E-state index contributed by atoms with van der Waals surface area (Å²) in [7, 11) is -3.90. The maximum absolute atomic E-state index is 13.0. The van der Waals surface area contributed by atoms with Crippen molar-refractivity contribution >= 4 is 33.0 Å². The van der Waals surface area contributed by atoms with Gasteiger partial charge in [0.25, 0.3) is 10.0 Å². The van der Waals surface area contributed by atoms with Gasteiger partial charge >= 0.3 is 0 Å². The zero-order valence-electron chi connectivity index (χ0n) is 10.5. The zero-order chi connectivity index (χ0) is 14.9. The molecule has 0 atom stereocenters. The summed E-state index contributed by atoms with van der Waals surface area (Å²) in [5, 5.41) is -0.181. The number of nitrogens with one attached hydrogen (secondary N) is 1. The van der Waals surface area contributed by atoms with Crippen molar-refractivity contribution in [2.75, 3.05) is 10.5 Å². The summed E-state index contributed by atoms with van der Waals surface area (Å²) in [6.07, 6.45) is 0. The largest absolute Gasteiger partial charge is 0.398 e. The predicted octanol–water partition coefficient (Wildman–Crippen LogP) is 3.17. The fourth-order valence-electron chi connectivity index (χ4n) is 1.66. The first-order chi connectivity index (χ1) is 9.31. The van der Waals surface area contributed by atoms with Crippen LogP contribution in [0.1, 0.15) is 5.56 Å². The standard InChI is InChI=1S/C13H12ClFN2O2S/c1-8-11(16)3-2-4-12(8)17-20(18,19)13-6-5-9(15)7-10(13)14/h2-7,17H,16H2,1H3. The van der Waals surface area contributed by atoms with Crippen LogP contribution in [0, 0.1) is 12.7 Å². The van der Waals surface area contributed by atoms with Crippen LogP contribution in [0.4, 0.5) is 15.8 Å². The Kier molecular flexibility index (Phi) is 3.87. The van der Waals surface area contributed by atoms with Crippen LogP contribution in [-0.2, 0) is 10.0 Å². The molecule has 0 radical (unpaired) electrons. The molecule has 0 aromatic heterocycles. The van der Waals surface area contributed by atoms with E-state index < -0.39 is 15.8 Å². The van der Waals surface area contributed by atoms with Gasteiger partial charge in [0.2, 0.25) is 0 Å². The molecule has 0 saturated heterocycles. The molecule has 7 heteroatoms. The third-order valence-corrected chi connectivity index (χ3v) is 4.65. The van der Waals surface area contributed by atoms with Gasteiger partial charge in [-0.25, -0.2) is 12.8 Å². The molecular weight excluding hydrogens is 303 g/mol. The number of benzene rings is 2. The van der Waals surface area contributed by atoms with Gasteiger partial charge in [0.05, 0.1) is 10.7 Å². The highest BCUT2D eigenvalue weighted by atomic mass is 35.5. The molecule has 2 aromatic carbocycles. The summed E-state index contributed by atoms with van der Waals surface area (Å²) in [5.74, 6) is -0.603. The molecule has 2 aromatic rings. The summed E-state index contributed by atoms with van der Waals surface area (Å²) in [5.41, 5.74) is 7.14. The number of hydrogen-bond donors (Lipinski definition) is 2. The van der Waals surface area contributed by atoms with Crippen LogP contribution < -0.4 is 10.5 Å². The van der Waals surface area contributed by atoms with Gasteiger partial charge in [-0.3, -0.25) is 4.72 Å². The van der Waals surface area contributed by atoms with Crippen LogP contribution in [0.25, 0.3) is 0 Å². The van der Waals surface area contributed by atoms with Gasteiger partial charge in [-0.05, 0) is 42.8 Å². The first-order valence-corrected chi connectivity index (χ1v) is 7.50. The lowest BCUT2D eigenvalue weighted by molar-refractivity contribution is 0.599. The summed E-state index contributed by atoms with van der Waals surface area (Å²) in [6, 6.07) is 7.97. The van der Waals surface area contributed by atoms with Gasteiger partial charge < -0.3 is 5.73 Å². The molecule has 0 unspecified atom stereocenters. The Bertz CT molecular complexity index is 763. The number of sulfonamides is 1. The van der Waals surface area contributed by atoms with Crippen molar-refractivity contribution in [2.24, 2.45) is 0 Å². The van der Waals surface area contributed by atoms with E-state index in [0.717, 1.165) is 18.2 Å². The number of anilines is 2. The van der Waals surface area contributed by atoms with Crippen LogP contribution in [0.15, 0.2) is 41.3 Å². The molecule has 3 N–H and O–H groups in total. The Morgan fingerprint density at radius 1 is 1.25 bits per heavy atom. The van der Waals surface area contributed by atoms with Gasteiger partial charge in [-0.2, -0.15) is 0 Å². The number of nitrogens with two attached hydrogens (primary N) is 1. The highest BCUT2D eigenvalue weighted by molar-refractivity contribution is 7.92. The average molecular weight is 315 g/mol. The number of nitrogen functional groups attached to an aromatic ring is 1. The Hall–Kier alpha value is -1.79. The second kappa shape index (κ2) is 5.30. The Morgan fingerprint density at radius 3 is 2.60 bits per heavy atom. The minimum absolute atomic E-state index is 0.181. The number of halogens is 2. The molecule has 2 rings (SSSR count). The number of hydrogen-bond acceptors (Lipinski definition) is 3. The second-order valence-corrected chi connectivity index (χ2v) is 6.26. The second-order valence-electron chi connectivity index (χ2n) is 4.20. The topological polar surface area (TPSA) is 72.2 Å². The van der Waals surface area contributed by atoms with Gasteiger partial charge in [0.15, 0.2) is 0 Å². The Balaban J connectivity index is 2.44. The van der Waals surface area contributed by atoms with Crippen molar-refractivity contribution in [2.45, 2.75) is 11.8 Å². The normalized spacial score (nSPS) is 11.3. The van der Waals surface area contributed by atoms with Crippen molar-refractivity contribution in [1.82, 2.24) is 0 Å². The van der Waals surface area contributed by atoms with Crippen LogP contribution >= 0.6 is 11.6 Å². The first kappa shape index (κ1) is 14.6. The van der Waals surface area contributed by atoms with Crippen molar-refractivity contribution in [3.05, 3.63) is 52.8 Å². The average Bonchev–Trinajstić information content (AvgIpc) is 2.34. The van der Waals surface area contributed by atoms with E-state index in [0.29, 0.717) is 16.9 Å². The Morgan fingerprint density at radius 2 is 1.95 bits per heavy atom. The van der Waals surface area contributed by atoms with Crippen molar-refractivity contribution < 1.29 is 12.8 Å². The van der Waals surface area contributed by atoms with E-state index in [-0.39, 0.29) is 9.92 Å². The molecule has 20 heavy (non-hydrogen) atoms. The maximum atomic E-state index is 13.0. The molecule has 106 valence electrons. The highest BCUT2D eigenvalue weighted by Gasteiger charge is 2.19. The van der Waals surface area contributed by atoms with Crippen LogP contribution in [0.5, 0.6) is 0 Å². The van der Waals surface area contributed by atoms with E-state index in [1.54, 1.807) is 25.1 Å². The van der Waals surface area contributed by atoms with E-state index in [1.807, 2.05) is 0 Å². The predicted molar refractivity (Wildman–Crippen MR) is 77.8 cm³/mol. The van der Waals surface area contributed by atoms with E-state index in [9.17, 15) is 12.8 Å². The van der Waals surface area contributed by atoms with Crippen molar-refractivity contribution in [3.8, 4) is 0 Å². The summed E-state index contributed by atoms with van der Waals surface area (Å²) in [6.45, 7) is 1.69. The van der Waals surface area contributed by atoms with Crippen LogP contribution in [0.2, 0.25) is 5.02 Å². The van der Waals surface area contributed by atoms with Crippen molar-refractivity contribution in [1.29, 1.82) is 0 Å². The SMILES string of the molecule is Cc1c(N)cccc1NS(=O)(=O)c1ccc(F)cc1Cl. The monoisotopic (exact) mass is 314 g/mol. The summed E-state index contributed by atoms with van der Waals surface area (Å²) >= 11 is 5.77. The summed E-state index contributed by atoms with van der Waals surface area (Å²) in [4.78, 5) is -0.192. The molecule has 0 bridgehead atoms. The quantitative estimate of drug-likeness (QED) is 0.855. The highest BCUT2D eigenvalue weighted by Crippen LogP contribution is 2.27. The van der Waals surface area contributed by atoms with E-state index in [1.165, 1.54) is 0 Å². The van der Waals surface area contributed by atoms with E-state index >= 15 is 0 Å². The first-order valence-electron chi connectivity index (χ1n) is 5.64. The third-order valence-electron chi connectivity index (χ3n) is 2.80. The molecule has 0 fully saturated rings. The minimum atomic E-state index is -3.90. The molecule has 0 aliphatic carbocycles. The van der Waals surface area contributed by atoms with Gasteiger partial charge in [-0.1, -0.05) is 17.7 Å². The molecule has 0 amide bonds. The molecular formula is C13H12ClFN2O2S. The smallest absolute Gasteiger partial charge is 0.263 e. The maximum Gasteiger partial charge on any atom is 0.263 e. The lowest BCUT2D eigenvalue weighted by Crippen LogP contribution is -2.14. The van der Waals surface area contributed by atoms with Gasteiger partial charge in [0, 0.05) is 5.69 Å². The number of rotatable bonds is 3. The molecule has 0 heterocycles. The fourth-order valence-corrected chi connectivity index (χ4v) is 3.31. The molecule has 4 nitrogen and oxygen atoms in total. The third kappa shape index (κ3) is 2.86.